The van der Waals surface area contributed by atoms with Crippen molar-refractivity contribution in [3.05, 3.63) is 0 Å². The minimum atomic E-state index is 0.225. The van der Waals surface area contributed by atoms with Gasteiger partial charge in [-0.15, -0.1) is 5.10 Å². The molecule has 1 atom stereocenters. The fourth-order valence-corrected chi connectivity index (χ4v) is 3.73. The number of nitrogen functional groups attached to an aromatic ring is 1. The standard InChI is InChI=1S/C11H18N4OS/c12-9-13-10(15-14-9)17-7-8-3-6-11(16-8)4-1-2-5-11/h8H,1-7H2,(H3,12,13,14,15). The summed E-state index contributed by atoms with van der Waals surface area (Å²) in [7, 11) is 0. The van der Waals surface area contributed by atoms with E-state index in [9.17, 15) is 0 Å². The maximum atomic E-state index is 6.22. The van der Waals surface area contributed by atoms with Crippen molar-refractivity contribution in [2.45, 2.75) is 55.4 Å². The Morgan fingerprint density at radius 3 is 2.94 bits per heavy atom. The molecule has 0 bridgehead atoms. The lowest BCUT2D eigenvalue weighted by Gasteiger charge is -2.23. The first-order valence-corrected chi connectivity index (χ1v) is 7.23. The van der Waals surface area contributed by atoms with Gasteiger partial charge in [-0.25, -0.2) is 5.10 Å². The number of hydrogen-bond donors (Lipinski definition) is 2. The number of nitrogens with two attached hydrogens (primary N) is 1. The minimum absolute atomic E-state index is 0.225. The largest absolute Gasteiger partial charge is 0.371 e. The molecule has 17 heavy (non-hydrogen) atoms. The number of ether oxygens (including phenoxy) is 1. The van der Waals surface area contributed by atoms with Crippen LogP contribution in [0.15, 0.2) is 5.16 Å². The molecule has 5 nitrogen and oxygen atoms in total. The average Bonchev–Trinajstić information content (AvgIpc) is 3.01. The highest BCUT2D eigenvalue weighted by Crippen LogP contribution is 2.44. The lowest BCUT2D eigenvalue weighted by molar-refractivity contribution is -0.0267. The highest BCUT2D eigenvalue weighted by molar-refractivity contribution is 7.99. The maximum Gasteiger partial charge on any atom is 0.216 e. The third kappa shape index (κ3) is 2.42. The summed E-state index contributed by atoms with van der Waals surface area (Å²) in [5.41, 5.74) is 5.71. The minimum Gasteiger partial charge on any atom is -0.371 e. The summed E-state index contributed by atoms with van der Waals surface area (Å²) in [6.07, 6.45) is 7.93. The van der Waals surface area contributed by atoms with E-state index in [0.29, 0.717) is 12.1 Å². The topological polar surface area (TPSA) is 76.8 Å². The molecule has 2 fully saturated rings. The van der Waals surface area contributed by atoms with Crippen LogP contribution in [0.2, 0.25) is 0 Å². The Balaban J connectivity index is 1.50. The van der Waals surface area contributed by atoms with Crippen molar-refractivity contribution in [2.75, 3.05) is 11.5 Å². The van der Waals surface area contributed by atoms with E-state index in [0.717, 1.165) is 10.9 Å². The number of aromatic amines is 1. The summed E-state index contributed by atoms with van der Waals surface area (Å²) < 4.78 is 6.22. The Bertz CT molecular complexity index is 389. The molecule has 1 unspecified atom stereocenters. The lowest BCUT2D eigenvalue weighted by Crippen LogP contribution is -2.25. The molecule has 0 amide bonds. The molecule has 6 heteroatoms. The molecule has 2 heterocycles. The van der Waals surface area contributed by atoms with E-state index >= 15 is 0 Å². The highest BCUT2D eigenvalue weighted by atomic mass is 32.2. The van der Waals surface area contributed by atoms with Gasteiger partial charge >= 0.3 is 0 Å². The number of thioether (sulfide) groups is 1. The molecule has 3 N–H and O–H groups in total. The van der Waals surface area contributed by atoms with Crippen LogP contribution in [0, 0.1) is 0 Å². The molecular weight excluding hydrogens is 236 g/mol. The van der Waals surface area contributed by atoms with Crippen molar-refractivity contribution in [3.63, 3.8) is 0 Å². The van der Waals surface area contributed by atoms with Gasteiger partial charge in [0.15, 0.2) is 0 Å². The third-order valence-electron chi connectivity index (χ3n) is 3.73. The number of anilines is 1. The second-order valence-corrected chi connectivity index (χ2v) is 5.97. The molecule has 1 saturated carbocycles. The molecule has 94 valence electrons. The monoisotopic (exact) mass is 254 g/mol. The van der Waals surface area contributed by atoms with Gasteiger partial charge in [-0.05, 0) is 25.7 Å². The van der Waals surface area contributed by atoms with Crippen LogP contribution in [0.25, 0.3) is 0 Å². The molecular formula is C11H18N4OS. The van der Waals surface area contributed by atoms with Crippen LogP contribution in [-0.4, -0.2) is 32.6 Å². The van der Waals surface area contributed by atoms with E-state index in [-0.39, 0.29) is 5.60 Å². The molecule has 1 aromatic heterocycles. The SMILES string of the molecule is Nc1nc(SCC2CCC3(CCCC3)O2)n[nH]1. The van der Waals surface area contributed by atoms with Crippen molar-refractivity contribution in [2.24, 2.45) is 0 Å². The molecule has 1 aliphatic carbocycles. The summed E-state index contributed by atoms with van der Waals surface area (Å²) in [4.78, 5) is 4.08. The first-order chi connectivity index (χ1) is 8.26. The van der Waals surface area contributed by atoms with Gasteiger partial charge in [0.1, 0.15) is 0 Å². The second kappa shape index (κ2) is 4.49. The third-order valence-corrected chi connectivity index (χ3v) is 4.71. The molecule has 1 spiro atoms. The summed E-state index contributed by atoms with van der Waals surface area (Å²) in [5, 5.41) is 7.38. The molecule has 1 aromatic rings. The second-order valence-electron chi connectivity index (χ2n) is 4.98. The number of nitrogens with zero attached hydrogens (tertiary/aromatic N) is 2. The summed E-state index contributed by atoms with van der Waals surface area (Å²) in [5.74, 6) is 1.31. The molecule has 1 saturated heterocycles. The van der Waals surface area contributed by atoms with Gasteiger partial charge in [0, 0.05) is 5.75 Å². The zero-order chi connectivity index (χ0) is 11.7. The van der Waals surface area contributed by atoms with Crippen LogP contribution < -0.4 is 5.73 Å². The first kappa shape index (κ1) is 11.3. The van der Waals surface area contributed by atoms with E-state index in [1.165, 1.54) is 38.5 Å². The fraction of sp³-hybridized carbons (Fsp3) is 0.818. The van der Waals surface area contributed by atoms with Crippen molar-refractivity contribution in [1.82, 2.24) is 15.2 Å². The highest BCUT2D eigenvalue weighted by Gasteiger charge is 2.41. The zero-order valence-corrected chi connectivity index (χ0v) is 10.6. The normalized spacial score (nSPS) is 26.9. The summed E-state index contributed by atoms with van der Waals surface area (Å²) in [6, 6.07) is 0. The number of hydrogen-bond acceptors (Lipinski definition) is 5. The predicted octanol–water partition coefficient (Wildman–Crippen LogP) is 1.97. The first-order valence-electron chi connectivity index (χ1n) is 6.24. The molecule has 0 radical (unpaired) electrons. The Labute approximate surface area is 105 Å². The smallest absolute Gasteiger partial charge is 0.216 e. The van der Waals surface area contributed by atoms with Gasteiger partial charge in [0.2, 0.25) is 11.1 Å². The van der Waals surface area contributed by atoms with Gasteiger partial charge in [-0.1, -0.05) is 24.6 Å². The number of rotatable bonds is 3. The van der Waals surface area contributed by atoms with E-state index in [4.69, 9.17) is 10.5 Å². The van der Waals surface area contributed by atoms with Crippen LogP contribution >= 0.6 is 11.8 Å². The Morgan fingerprint density at radius 2 is 2.24 bits per heavy atom. The van der Waals surface area contributed by atoms with Crippen LogP contribution in [0.4, 0.5) is 5.95 Å². The van der Waals surface area contributed by atoms with E-state index in [1.807, 2.05) is 0 Å². The molecule has 0 aromatic carbocycles. The van der Waals surface area contributed by atoms with E-state index in [1.54, 1.807) is 11.8 Å². The lowest BCUT2D eigenvalue weighted by atomic mass is 9.98. The maximum absolute atomic E-state index is 6.22. The van der Waals surface area contributed by atoms with Crippen molar-refractivity contribution >= 4 is 17.7 Å². The van der Waals surface area contributed by atoms with E-state index in [2.05, 4.69) is 15.2 Å². The number of aromatic nitrogens is 3. The van der Waals surface area contributed by atoms with Crippen LogP contribution in [0.5, 0.6) is 0 Å². The zero-order valence-electron chi connectivity index (χ0n) is 9.82. The Hall–Kier alpha value is -0.750. The Kier molecular flexibility index (Phi) is 3.00. The summed E-state index contributed by atoms with van der Waals surface area (Å²) in [6.45, 7) is 0. The van der Waals surface area contributed by atoms with E-state index < -0.39 is 0 Å². The predicted molar refractivity (Wildman–Crippen MR) is 66.8 cm³/mol. The van der Waals surface area contributed by atoms with Crippen molar-refractivity contribution in [3.8, 4) is 0 Å². The number of H-pyrrole nitrogens is 1. The van der Waals surface area contributed by atoms with Crippen molar-refractivity contribution in [1.29, 1.82) is 0 Å². The van der Waals surface area contributed by atoms with Crippen LogP contribution in [0.3, 0.4) is 0 Å². The van der Waals surface area contributed by atoms with Gasteiger partial charge in [-0.3, -0.25) is 0 Å². The fourth-order valence-electron chi connectivity index (χ4n) is 2.89. The summed E-state index contributed by atoms with van der Waals surface area (Å²) >= 11 is 1.62. The molecule has 2 aliphatic rings. The molecule has 3 rings (SSSR count). The van der Waals surface area contributed by atoms with Gasteiger partial charge in [0.05, 0.1) is 11.7 Å². The quantitative estimate of drug-likeness (QED) is 0.806. The number of nitrogens with one attached hydrogen (secondary N) is 1. The molecule has 1 aliphatic heterocycles. The van der Waals surface area contributed by atoms with Gasteiger partial charge in [0.25, 0.3) is 0 Å². The van der Waals surface area contributed by atoms with Crippen molar-refractivity contribution < 1.29 is 4.74 Å². The van der Waals surface area contributed by atoms with Gasteiger partial charge in [-0.2, -0.15) is 4.98 Å². The van der Waals surface area contributed by atoms with Crippen LogP contribution in [-0.2, 0) is 4.74 Å². The Morgan fingerprint density at radius 1 is 1.41 bits per heavy atom. The average molecular weight is 254 g/mol. The van der Waals surface area contributed by atoms with Gasteiger partial charge < -0.3 is 10.5 Å². The van der Waals surface area contributed by atoms with Crippen LogP contribution in [0.1, 0.15) is 38.5 Å².